The molecule has 2 N–H and O–H groups in total. The van der Waals surface area contributed by atoms with E-state index in [2.05, 4.69) is 20.6 Å². The van der Waals surface area contributed by atoms with E-state index in [1.807, 2.05) is 61.2 Å². The highest BCUT2D eigenvalue weighted by atomic mass is 127. The van der Waals surface area contributed by atoms with Crippen molar-refractivity contribution in [1.29, 1.82) is 0 Å². The zero-order valence-corrected chi connectivity index (χ0v) is 20.0. The molecular formula is C22H30IN5O2. The molecule has 0 saturated carbocycles. The third-order valence-corrected chi connectivity index (χ3v) is 4.75. The fraction of sp³-hybridized carbons (Fsp3) is 0.409. The van der Waals surface area contributed by atoms with Crippen LogP contribution in [0.1, 0.15) is 35.5 Å². The molecule has 2 unspecified atom stereocenters. The number of ether oxygens (including phenoxy) is 1. The lowest BCUT2D eigenvalue weighted by atomic mass is 10.1. The summed E-state index contributed by atoms with van der Waals surface area (Å²) in [7, 11) is 1.74. The molecule has 3 rings (SSSR count). The summed E-state index contributed by atoms with van der Waals surface area (Å²) in [5.41, 5.74) is 2.73. The molecule has 0 spiro atoms. The Bertz CT molecular complexity index is 819. The number of rotatable bonds is 5. The fourth-order valence-electron chi connectivity index (χ4n) is 3.37. The van der Waals surface area contributed by atoms with Gasteiger partial charge in [0.15, 0.2) is 5.96 Å². The van der Waals surface area contributed by atoms with Crippen LogP contribution in [0.15, 0.2) is 53.7 Å². The Labute approximate surface area is 195 Å². The molecule has 2 heterocycles. The number of carbonyl (C=O) groups is 1. The van der Waals surface area contributed by atoms with E-state index in [1.165, 1.54) is 0 Å². The Hall–Kier alpha value is -2.20. The first-order chi connectivity index (χ1) is 14.0. The normalized spacial score (nSPS) is 19.0. The maximum absolute atomic E-state index is 12.8. The lowest BCUT2D eigenvalue weighted by Crippen LogP contribution is -2.48. The SMILES string of the molecule is CN=C(NCc1ccc(C(=O)N2CC(C)OC(C)C2)cc1)NCc1ccccn1.I. The smallest absolute Gasteiger partial charge is 0.254 e. The predicted molar refractivity (Wildman–Crippen MR) is 129 cm³/mol. The minimum Gasteiger partial charge on any atom is -0.372 e. The number of halogens is 1. The minimum absolute atomic E-state index is 0. The number of nitrogens with one attached hydrogen (secondary N) is 2. The topological polar surface area (TPSA) is 78.9 Å². The third kappa shape index (κ3) is 6.94. The molecule has 2 aromatic rings. The number of benzene rings is 1. The number of hydrogen-bond acceptors (Lipinski definition) is 4. The van der Waals surface area contributed by atoms with Crippen molar-refractivity contribution in [3.05, 3.63) is 65.5 Å². The van der Waals surface area contributed by atoms with E-state index in [0.717, 1.165) is 11.3 Å². The van der Waals surface area contributed by atoms with E-state index in [9.17, 15) is 4.79 Å². The van der Waals surface area contributed by atoms with Crippen LogP contribution < -0.4 is 10.6 Å². The Kier molecular flexibility index (Phi) is 9.51. The molecule has 1 aromatic carbocycles. The maximum atomic E-state index is 12.8. The zero-order chi connectivity index (χ0) is 20.6. The number of morpholine rings is 1. The molecule has 0 radical (unpaired) electrons. The van der Waals surface area contributed by atoms with E-state index < -0.39 is 0 Å². The second kappa shape index (κ2) is 11.8. The van der Waals surface area contributed by atoms with Gasteiger partial charge in [-0.25, -0.2) is 0 Å². The van der Waals surface area contributed by atoms with Gasteiger partial charge in [0.25, 0.3) is 5.91 Å². The summed E-state index contributed by atoms with van der Waals surface area (Å²) in [5, 5.41) is 6.52. The van der Waals surface area contributed by atoms with Crippen molar-refractivity contribution < 1.29 is 9.53 Å². The molecule has 2 atom stereocenters. The van der Waals surface area contributed by atoms with Gasteiger partial charge in [0.2, 0.25) is 0 Å². The maximum Gasteiger partial charge on any atom is 0.254 e. The second-order valence-corrected chi connectivity index (χ2v) is 7.26. The molecule has 1 fully saturated rings. The molecule has 0 aliphatic carbocycles. The molecule has 1 aliphatic rings. The summed E-state index contributed by atoms with van der Waals surface area (Å²) in [6.07, 6.45) is 1.90. The van der Waals surface area contributed by atoms with Gasteiger partial charge < -0.3 is 20.3 Å². The summed E-state index contributed by atoms with van der Waals surface area (Å²) in [5.74, 6) is 0.756. The monoisotopic (exact) mass is 523 g/mol. The molecule has 162 valence electrons. The van der Waals surface area contributed by atoms with Gasteiger partial charge in [0.05, 0.1) is 24.4 Å². The van der Waals surface area contributed by atoms with Crippen molar-refractivity contribution in [2.24, 2.45) is 4.99 Å². The third-order valence-electron chi connectivity index (χ3n) is 4.75. The molecule has 1 aliphatic heterocycles. The number of carbonyl (C=O) groups excluding carboxylic acids is 1. The average molecular weight is 523 g/mol. The standard InChI is InChI=1S/C22H29N5O2.HI/c1-16-14-27(15-17(2)29-16)21(28)19-9-7-18(8-10-19)12-25-22(23-3)26-13-20-6-4-5-11-24-20;/h4-11,16-17H,12-15H2,1-3H3,(H2,23,25,26);1H. The van der Waals surface area contributed by atoms with Crippen molar-refractivity contribution in [3.63, 3.8) is 0 Å². The molecule has 1 aromatic heterocycles. The van der Waals surface area contributed by atoms with Crippen LogP contribution in [0.4, 0.5) is 0 Å². The first-order valence-electron chi connectivity index (χ1n) is 9.93. The summed E-state index contributed by atoms with van der Waals surface area (Å²) in [6, 6.07) is 13.5. The summed E-state index contributed by atoms with van der Waals surface area (Å²) in [6.45, 7) is 6.47. The van der Waals surface area contributed by atoms with Gasteiger partial charge in [0, 0.05) is 38.4 Å². The van der Waals surface area contributed by atoms with Crippen molar-refractivity contribution in [2.45, 2.75) is 39.1 Å². The number of guanidine groups is 1. The quantitative estimate of drug-likeness (QED) is 0.358. The number of aromatic nitrogens is 1. The number of aliphatic imine (C=N–C) groups is 1. The van der Waals surface area contributed by atoms with Crippen molar-refractivity contribution >= 4 is 35.8 Å². The Morgan fingerprint density at radius 1 is 1.10 bits per heavy atom. The van der Waals surface area contributed by atoms with Crippen molar-refractivity contribution in [1.82, 2.24) is 20.5 Å². The number of nitrogens with zero attached hydrogens (tertiary/aromatic N) is 3. The highest BCUT2D eigenvalue weighted by Crippen LogP contribution is 2.15. The van der Waals surface area contributed by atoms with E-state index >= 15 is 0 Å². The molecule has 0 bridgehead atoms. The van der Waals surface area contributed by atoms with Crippen LogP contribution in [0, 0.1) is 0 Å². The van der Waals surface area contributed by atoms with Crippen LogP contribution in [0.25, 0.3) is 0 Å². The summed E-state index contributed by atoms with van der Waals surface area (Å²) >= 11 is 0. The lowest BCUT2D eigenvalue weighted by Gasteiger charge is -2.35. The van der Waals surface area contributed by atoms with E-state index in [1.54, 1.807) is 13.2 Å². The van der Waals surface area contributed by atoms with Gasteiger partial charge in [0.1, 0.15) is 0 Å². The van der Waals surface area contributed by atoms with Gasteiger partial charge >= 0.3 is 0 Å². The van der Waals surface area contributed by atoms with Crippen LogP contribution in [-0.4, -0.2) is 54.1 Å². The Balaban J connectivity index is 0.00000320. The average Bonchev–Trinajstić information content (AvgIpc) is 2.74. The molecule has 1 saturated heterocycles. The number of pyridine rings is 1. The van der Waals surface area contributed by atoms with Crippen LogP contribution in [0.3, 0.4) is 0 Å². The van der Waals surface area contributed by atoms with Gasteiger partial charge in [-0.3, -0.25) is 14.8 Å². The summed E-state index contributed by atoms with van der Waals surface area (Å²) in [4.78, 5) is 23.1. The van der Waals surface area contributed by atoms with Crippen molar-refractivity contribution in [2.75, 3.05) is 20.1 Å². The van der Waals surface area contributed by atoms with Gasteiger partial charge in [-0.05, 0) is 43.7 Å². The first-order valence-corrected chi connectivity index (χ1v) is 9.93. The van der Waals surface area contributed by atoms with E-state index in [-0.39, 0.29) is 42.1 Å². The van der Waals surface area contributed by atoms with Crippen LogP contribution >= 0.6 is 24.0 Å². The van der Waals surface area contributed by atoms with Crippen LogP contribution in [0.2, 0.25) is 0 Å². The molecule has 1 amide bonds. The number of amides is 1. The summed E-state index contributed by atoms with van der Waals surface area (Å²) < 4.78 is 5.71. The first kappa shape index (κ1) is 24.1. The Morgan fingerprint density at radius 3 is 2.37 bits per heavy atom. The fourth-order valence-corrected chi connectivity index (χ4v) is 3.37. The zero-order valence-electron chi connectivity index (χ0n) is 17.7. The van der Waals surface area contributed by atoms with Gasteiger partial charge in [-0.2, -0.15) is 0 Å². The minimum atomic E-state index is 0. The van der Waals surface area contributed by atoms with Gasteiger partial charge in [-0.1, -0.05) is 18.2 Å². The molecule has 7 nitrogen and oxygen atoms in total. The van der Waals surface area contributed by atoms with Crippen molar-refractivity contribution in [3.8, 4) is 0 Å². The Morgan fingerprint density at radius 2 is 1.77 bits per heavy atom. The number of hydrogen-bond donors (Lipinski definition) is 2. The largest absolute Gasteiger partial charge is 0.372 e. The van der Waals surface area contributed by atoms with Crippen LogP contribution in [-0.2, 0) is 17.8 Å². The second-order valence-electron chi connectivity index (χ2n) is 7.26. The lowest BCUT2D eigenvalue weighted by molar-refractivity contribution is -0.0586. The highest BCUT2D eigenvalue weighted by Gasteiger charge is 2.26. The predicted octanol–water partition coefficient (Wildman–Crippen LogP) is 2.81. The van der Waals surface area contributed by atoms with E-state index in [0.29, 0.717) is 37.7 Å². The molecule has 8 heteroatoms. The highest BCUT2D eigenvalue weighted by molar-refractivity contribution is 14.0. The van der Waals surface area contributed by atoms with E-state index in [4.69, 9.17) is 4.74 Å². The van der Waals surface area contributed by atoms with Crippen LogP contribution in [0.5, 0.6) is 0 Å². The molecule has 30 heavy (non-hydrogen) atoms. The molecular weight excluding hydrogens is 493 g/mol. The van der Waals surface area contributed by atoms with Gasteiger partial charge in [-0.15, -0.1) is 24.0 Å².